The molecule has 2 atom stereocenters. The summed E-state index contributed by atoms with van der Waals surface area (Å²) in [6.45, 7) is 2.64. The molecule has 2 unspecified atom stereocenters. The zero-order valence-electron chi connectivity index (χ0n) is 11.6. The Morgan fingerprint density at radius 3 is 2.75 bits per heavy atom. The maximum absolute atomic E-state index is 12.9. The van der Waals surface area contributed by atoms with E-state index in [1.165, 1.54) is 12.1 Å². The van der Waals surface area contributed by atoms with E-state index in [1.807, 2.05) is 6.92 Å². The van der Waals surface area contributed by atoms with Crippen LogP contribution in [0.25, 0.3) is 0 Å². The van der Waals surface area contributed by atoms with Gasteiger partial charge in [0.2, 0.25) is 0 Å². The van der Waals surface area contributed by atoms with Crippen LogP contribution in [0.4, 0.5) is 9.18 Å². The van der Waals surface area contributed by atoms with Crippen LogP contribution in [0, 0.1) is 5.82 Å². The van der Waals surface area contributed by atoms with Gasteiger partial charge in [-0.1, -0.05) is 12.1 Å². The summed E-state index contributed by atoms with van der Waals surface area (Å²) >= 11 is 0. The molecule has 0 radical (unpaired) electrons. The van der Waals surface area contributed by atoms with Gasteiger partial charge in [-0.2, -0.15) is 0 Å². The van der Waals surface area contributed by atoms with E-state index in [1.54, 1.807) is 17.0 Å². The number of carbonyl (C=O) groups excluding carboxylic acids is 1. The van der Waals surface area contributed by atoms with Gasteiger partial charge in [0.1, 0.15) is 11.9 Å². The number of amides is 1. The molecule has 1 aliphatic rings. The van der Waals surface area contributed by atoms with Gasteiger partial charge in [0, 0.05) is 19.6 Å². The lowest BCUT2D eigenvalue weighted by atomic mass is 10.0. The fourth-order valence-electron chi connectivity index (χ4n) is 2.44. The first-order valence-corrected chi connectivity index (χ1v) is 6.95. The Hall–Kier alpha value is -1.62. The summed E-state index contributed by atoms with van der Waals surface area (Å²) in [5, 5.41) is 8.79. The van der Waals surface area contributed by atoms with Gasteiger partial charge in [-0.25, -0.2) is 9.18 Å². The van der Waals surface area contributed by atoms with Crippen LogP contribution in [0.3, 0.4) is 0 Å². The highest BCUT2D eigenvalue weighted by molar-refractivity contribution is 5.69. The fraction of sp³-hybridized carbons (Fsp3) is 0.533. The van der Waals surface area contributed by atoms with Crippen molar-refractivity contribution in [1.82, 2.24) is 4.90 Å². The van der Waals surface area contributed by atoms with Crippen LogP contribution in [0.15, 0.2) is 24.3 Å². The number of ether oxygens (including phenoxy) is 1. The molecule has 1 amide bonds. The van der Waals surface area contributed by atoms with Crippen LogP contribution in [0.2, 0.25) is 0 Å². The summed E-state index contributed by atoms with van der Waals surface area (Å²) < 4.78 is 18.3. The Bertz CT molecular complexity index is 449. The SMILES string of the molecule is CC(c1ccc(F)cc1)N1CCC(CCCO)OC1=O. The molecule has 1 fully saturated rings. The first-order chi connectivity index (χ1) is 9.61. The summed E-state index contributed by atoms with van der Waals surface area (Å²) in [6, 6.07) is 6.02. The third-order valence-electron chi connectivity index (χ3n) is 3.70. The second-order valence-electron chi connectivity index (χ2n) is 5.08. The van der Waals surface area contributed by atoms with Crippen LogP contribution in [0.5, 0.6) is 0 Å². The van der Waals surface area contributed by atoms with Crippen molar-refractivity contribution in [1.29, 1.82) is 0 Å². The Morgan fingerprint density at radius 1 is 1.45 bits per heavy atom. The lowest BCUT2D eigenvalue weighted by molar-refractivity contribution is 0.00760. The molecule has 0 aromatic heterocycles. The molecule has 0 aliphatic carbocycles. The van der Waals surface area contributed by atoms with Gasteiger partial charge in [0.05, 0.1) is 6.04 Å². The molecule has 0 bridgehead atoms. The van der Waals surface area contributed by atoms with Gasteiger partial charge in [-0.3, -0.25) is 0 Å². The smallest absolute Gasteiger partial charge is 0.410 e. The summed E-state index contributed by atoms with van der Waals surface area (Å²) in [4.78, 5) is 13.7. The van der Waals surface area contributed by atoms with Gasteiger partial charge in [0.15, 0.2) is 0 Å². The van der Waals surface area contributed by atoms with Crippen LogP contribution in [0.1, 0.15) is 37.8 Å². The third-order valence-corrected chi connectivity index (χ3v) is 3.70. The first kappa shape index (κ1) is 14.8. The molecule has 1 N–H and O–H groups in total. The number of aliphatic hydroxyl groups excluding tert-OH is 1. The number of rotatable bonds is 5. The molecule has 2 rings (SSSR count). The van der Waals surface area contributed by atoms with Crippen molar-refractivity contribution in [2.75, 3.05) is 13.2 Å². The molecule has 0 saturated carbocycles. The number of benzene rings is 1. The van der Waals surface area contributed by atoms with Crippen LogP contribution in [-0.2, 0) is 4.74 Å². The van der Waals surface area contributed by atoms with Crippen molar-refractivity contribution in [3.05, 3.63) is 35.6 Å². The minimum atomic E-state index is -0.337. The zero-order chi connectivity index (χ0) is 14.5. The molecule has 1 saturated heterocycles. The van der Waals surface area contributed by atoms with Crippen molar-refractivity contribution in [3.63, 3.8) is 0 Å². The van der Waals surface area contributed by atoms with E-state index < -0.39 is 0 Å². The van der Waals surface area contributed by atoms with E-state index in [4.69, 9.17) is 9.84 Å². The standard InChI is InChI=1S/C15H20FNO3/c1-11(12-4-6-13(16)7-5-12)17-9-8-14(3-2-10-18)20-15(17)19/h4-7,11,14,18H,2-3,8-10H2,1H3. The lowest BCUT2D eigenvalue weighted by Crippen LogP contribution is -2.43. The molecular weight excluding hydrogens is 261 g/mol. The maximum Gasteiger partial charge on any atom is 0.410 e. The van der Waals surface area contributed by atoms with Crippen molar-refractivity contribution >= 4 is 6.09 Å². The molecule has 1 aromatic carbocycles. The zero-order valence-corrected chi connectivity index (χ0v) is 11.6. The Kier molecular flexibility index (Phi) is 4.95. The van der Waals surface area contributed by atoms with Crippen molar-refractivity contribution in [2.45, 2.75) is 38.3 Å². The first-order valence-electron chi connectivity index (χ1n) is 6.95. The fourth-order valence-corrected chi connectivity index (χ4v) is 2.44. The quantitative estimate of drug-likeness (QED) is 0.903. The van der Waals surface area contributed by atoms with E-state index in [0.717, 1.165) is 12.0 Å². The average molecular weight is 281 g/mol. The Morgan fingerprint density at radius 2 is 2.15 bits per heavy atom. The maximum atomic E-state index is 12.9. The highest BCUT2D eigenvalue weighted by Crippen LogP contribution is 2.26. The number of carbonyl (C=O) groups is 1. The molecule has 4 nitrogen and oxygen atoms in total. The Labute approximate surface area is 118 Å². The van der Waals surface area contributed by atoms with Gasteiger partial charge in [0.25, 0.3) is 0 Å². The van der Waals surface area contributed by atoms with Gasteiger partial charge < -0.3 is 14.7 Å². The molecule has 0 spiro atoms. The summed E-state index contributed by atoms with van der Waals surface area (Å²) in [5.41, 5.74) is 0.886. The van der Waals surface area contributed by atoms with Crippen LogP contribution in [-0.4, -0.2) is 35.4 Å². The lowest BCUT2D eigenvalue weighted by Gasteiger charge is -2.35. The van der Waals surface area contributed by atoms with E-state index in [0.29, 0.717) is 19.4 Å². The average Bonchev–Trinajstić information content (AvgIpc) is 2.45. The molecule has 1 heterocycles. The summed E-state index contributed by atoms with van der Waals surface area (Å²) in [6.07, 6.45) is 1.66. The number of aliphatic hydroxyl groups is 1. The molecule has 1 aromatic rings. The van der Waals surface area contributed by atoms with Crippen molar-refractivity contribution in [2.24, 2.45) is 0 Å². The second-order valence-corrected chi connectivity index (χ2v) is 5.08. The number of nitrogens with zero attached hydrogens (tertiary/aromatic N) is 1. The highest BCUT2D eigenvalue weighted by atomic mass is 19.1. The molecule has 1 aliphatic heterocycles. The second kappa shape index (κ2) is 6.70. The molecule has 20 heavy (non-hydrogen) atoms. The van der Waals surface area contributed by atoms with Gasteiger partial charge in [-0.05, 0) is 37.5 Å². The third kappa shape index (κ3) is 3.48. The van der Waals surface area contributed by atoms with Crippen molar-refractivity contribution < 1.29 is 19.0 Å². The van der Waals surface area contributed by atoms with Gasteiger partial charge >= 0.3 is 6.09 Å². The van der Waals surface area contributed by atoms with Crippen molar-refractivity contribution in [3.8, 4) is 0 Å². The van der Waals surface area contributed by atoms with E-state index in [-0.39, 0.29) is 30.7 Å². The summed E-state index contributed by atoms with van der Waals surface area (Å²) in [7, 11) is 0. The predicted octanol–water partition coefficient (Wildman–Crippen LogP) is 2.87. The highest BCUT2D eigenvalue weighted by Gasteiger charge is 2.30. The topological polar surface area (TPSA) is 49.8 Å². The number of hydrogen-bond donors (Lipinski definition) is 1. The molecule has 110 valence electrons. The monoisotopic (exact) mass is 281 g/mol. The van der Waals surface area contributed by atoms with Crippen LogP contribution >= 0.6 is 0 Å². The largest absolute Gasteiger partial charge is 0.446 e. The number of cyclic esters (lactones) is 1. The number of hydrogen-bond acceptors (Lipinski definition) is 3. The predicted molar refractivity (Wildman–Crippen MR) is 72.7 cm³/mol. The van der Waals surface area contributed by atoms with E-state index in [9.17, 15) is 9.18 Å². The van der Waals surface area contributed by atoms with E-state index in [2.05, 4.69) is 0 Å². The molecular formula is C15H20FNO3. The van der Waals surface area contributed by atoms with E-state index >= 15 is 0 Å². The van der Waals surface area contributed by atoms with Crippen LogP contribution < -0.4 is 0 Å². The van der Waals surface area contributed by atoms with Gasteiger partial charge in [-0.15, -0.1) is 0 Å². The normalized spacial score (nSPS) is 20.6. The Balaban J connectivity index is 1.96. The molecule has 5 heteroatoms. The minimum Gasteiger partial charge on any atom is -0.446 e. The number of halogens is 1. The minimum absolute atomic E-state index is 0.105. The summed E-state index contributed by atoms with van der Waals surface area (Å²) in [5.74, 6) is -0.286.